The van der Waals surface area contributed by atoms with Crippen LogP contribution < -0.4 is 11.1 Å². The summed E-state index contributed by atoms with van der Waals surface area (Å²) in [6.07, 6.45) is 0. The maximum Gasteiger partial charge on any atom is 0.260 e. The fraction of sp³-hybridized carbons (Fsp3) is 0.154. The zero-order valence-electron chi connectivity index (χ0n) is 10.6. The summed E-state index contributed by atoms with van der Waals surface area (Å²) in [6, 6.07) is 7.26. The van der Waals surface area contributed by atoms with E-state index < -0.39 is 5.91 Å². The third-order valence-electron chi connectivity index (χ3n) is 2.47. The number of amides is 2. The Balaban J connectivity index is 2.29. The summed E-state index contributed by atoms with van der Waals surface area (Å²) >= 11 is 1.27. The molecule has 0 saturated carbocycles. The van der Waals surface area contributed by atoms with Gasteiger partial charge in [0, 0.05) is 18.2 Å². The molecule has 0 atom stereocenters. The van der Waals surface area contributed by atoms with Gasteiger partial charge in [0.2, 0.25) is 5.91 Å². The van der Waals surface area contributed by atoms with Crippen LogP contribution in [0.15, 0.2) is 24.3 Å². The van der Waals surface area contributed by atoms with E-state index in [-0.39, 0.29) is 5.91 Å². The number of benzene rings is 1. The number of rotatable bonds is 3. The molecule has 19 heavy (non-hydrogen) atoms. The number of carbonyl (C=O) groups is 2. The number of carbonyl (C=O) groups excluding carboxylic acids is 2. The van der Waals surface area contributed by atoms with Crippen molar-refractivity contribution in [3.63, 3.8) is 0 Å². The highest BCUT2D eigenvalue weighted by Gasteiger charge is 2.13. The van der Waals surface area contributed by atoms with Gasteiger partial charge in [-0.05, 0) is 31.2 Å². The first-order chi connectivity index (χ1) is 8.97. The topological polar surface area (TPSA) is 85.1 Å². The molecule has 0 fully saturated rings. The molecule has 2 amide bonds. The predicted molar refractivity (Wildman–Crippen MR) is 75.1 cm³/mol. The Morgan fingerprint density at radius 3 is 2.37 bits per heavy atom. The van der Waals surface area contributed by atoms with Crippen LogP contribution in [-0.2, 0) is 4.79 Å². The van der Waals surface area contributed by atoms with Gasteiger partial charge < -0.3 is 11.1 Å². The van der Waals surface area contributed by atoms with Crippen molar-refractivity contribution >= 4 is 28.8 Å². The highest BCUT2D eigenvalue weighted by atomic mass is 32.1. The van der Waals surface area contributed by atoms with Crippen LogP contribution in [0.25, 0.3) is 10.6 Å². The minimum atomic E-state index is -0.462. The highest BCUT2D eigenvalue weighted by Crippen LogP contribution is 2.28. The van der Waals surface area contributed by atoms with Crippen LogP contribution in [0.4, 0.5) is 5.69 Å². The van der Waals surface area contributed by atoms with Gasteiger partial charge >= 0.3 is 0 Å². The molecule has 0 aliphatic heterocycles. The highest BCUT2D eigenvalue weighted by molar-refractivity contribution is 7.17. The molecule has 0 saturated heterocycles. The fourth-order valence-electron chi connectivity index (χ4n) is 1.65. The maximum absolute atomic E-state index is 11.2. The molecule has 6 heteroatoms. The summed E-state index contributed by atoms with van der Waals surface area (Å²) in [7, 11) is 0. The van der Waals surface area contributed by atoms with E-state index in [9.17, 15) is 9.59 Å². The van der Waals surface area contributed by atoms with E-state index in [0.717, 1.165) is 16.3 Å². The summed E-state index contributed by atoms with van der Waals surface area (Å²) < 4.78 is 0. The largest absolute Gasteiger partial charge is 0.365 e. The number of nitrogens with one attached hydrogen (secondary N) is 1. The second kappa shape index (κ2) is 5.19. The monoisotopic (exact) mass is 275 g/mol. The van der Waals surface area contributed by atoms with Crippen LogP contribution in [-0.4, -0.2) is 16.8 Å². The summed E-state index contributed by atoms with van der Waals surface area (Å²) in [5.74, 6) is -0.579. The third-order valence-corrected chi connectivity index (χ3v) is 3.69. The van der Waals surface area contributed by atoms with Gasteiger partial charge in [-0.1, -0.05) is 0 Å². The van der Waals surface area contributed by atoms with Crippen molar-refractivity contribution in [2.24, 2.45) is 5.73 Å². The predicted octanol–water partition coefficient (Wildman–Crippen LogP) is 2.18. The number of hydrogen-bond donors (Lipinski definition) is 2. The molecule has 1 heterocycles. The van der Waals surface area contributed by atoms with E-state index in [1.807, 2.05) is 12.1 Å². The summed E-state index contributed by atoms with van der Waals surface area (Å²) in [5.41, 5.74) is 7.51. The number of hydrogen-bond acceptors (Lipinski definition) is 4. The van der Waals surface area contributed by atoms with Crippen LogP contribution in [0.3, 0.4) is 0 Å². The smallest absolute Gasteiger partial charge is 0.260 e. The minimum absolute atomic E-state index is 0.117. The summed E-state index contributed by atoms with van der Waals surface area (Å²) in [6.45, 7) is 3.21. The van der Waals surface area contributed by atoms with Crippen molar-refractivity contribution < 1.29 is 9.59 Å². The SMILES string of the molecule is CC(=O)Nc1ccc(-c2nc(C)c(C(N)=O)s2)cc1. The Labute approximate surface area is 114 Å². The number of anilines is 1. The van der Waals surface area contributed by atoms with Crippen molar-refractivity contribution in [1.82, 2.24) is 4.98 Å². The van der Waals surface area contributed by atoms with E-state index >= 15 is 0 Å². The molecule has 0 unspecified atom stereocenters. The molecule has 98 valence electrons. The van der Waals surface area contributed by atoms with Crippen molar-refractivity contribution in [3.05, 3.63) is 34.8 Å². The van der Waals surface area contributed by atoms with Crippen molar-refractivity contribution in [2.75, 3.05) is 5.32 Å². The Bertz CT molecular complexity index is 632. The Morgan fingerprint density at radius 2 is 1.89 bits per heavy atom. The molecule has 0 aliphatic rings. The van der Waals surface area contributed by atoms with E-state index in [1.54, 1.807) is 19.1 Å². The molecule has 2 aromatic rings. The molecule has 0 aliphatic carbocycles. The lowest BCUT2D eigenvalue weighted by molar-refractivity contribution is -0.114. The average molecular weight is 275 g/mol. The zero-order chi connectivity index (χ0) is 14.0. The number of aryl methyl sites for hydroxylation is 1. The van der Waals surface area contributed by atoms with Crippen LogP contribution >= 0.6 is 11.3 Å². The Kier molecular flexibility index (Phi) is 3.62. The van der Waals surface area contributed by atoms with Crippen molar-refractivity contribution in [2.45, 2.75) is 13.8 Å². The molecule has 5 nitrogen and oxygen atoms in total. The van der Waals surface area contributed by atoms with Gasteiger partial charge in [0.15, 0.2) is 0 Å². The molecule has 0 radical (unpaired) electrons. The molecular weight excluding hydrogens is 262 g/mol. The van der Waals surface area contributed by atoms with Gasteiger partial charge in [0.25, 0.3) is 5.91 Å². The molecule has 0 bridgehead atoms. The van der Waals surface area contributed by atoms with Crippen molar-refractivity contribution in [3.8, 4) is 10.6 Å². The first-order valence-corrected chi connectivity index (χ1v) is 6.44. The molecule has 1 aromatic heterocycles. The average Bonchev–Trinajstić information content (AvgIpc) is 2.71. The van der Waals surface area contributed by atoms with E-state index in [4.69, 9.17) is 5.73 Å². The Hall–Kier alpha value is -2.21. The van der Waals surface area contributed by atoms with Crippen LogP contribution in [0, 0.1) is 6.92 Å². The van der Waals surface area contributed by atoms with E-state index in [0.29, 0.717) is 10.6 Å². The van der Waals surface area contributed by atoms with Gasteiger partial charge in [-0.25, -0.2) is 4.98 Å². The summed E-state index contributed by atoms with van der Waals surface area (Å²) in [4.78, 5) is 26.9. The van der Waals surface area contributed by atoms with E-state index in [1.165, 1.54) is 18.3 Å². The number of nitrogens with zero attached hydrogens (tertiary/aromatic N) is 1. The van der Waals surface area contributed by atoms with Crippen molar-refractivity contribution in [1.29, 1.82) is 0 Å². The number of primary amides is 1. The molecule has 2 rings (SSSR count). The first-order valence-electron chi connectivity index (χ1n) is 5.62. The fourth-order valence-corrected chi connectivity index (χ4v) is 2.57. The van der Waals surface area contributed by atoms with Gasteiger partial charge in [0.1, 0.15) is 9.88 Å². The second-order valence-electron chi connectivity index (χ2n) is 4.06. The lowest BCUT2D eigenvalue weighted by Crippen LogP contribution is -2.09. The lowest BCUT2D eigenvalue weighted by Gasteiger charge is -2.02. The molecule has 3 N–H and O–H groups in total. The van der Waals surface area contributed by atoms with Crippen LogP contribution in [0.1, 0.15) is 22.3 Å². The normalized spacial score (nSPS) is 10.2. The standard InChI is InChI=1S/C13H13N3O2S/c1-7-11(12(14)18)19-13(15-7)9-3-5-10(6-4-9)16-8(2)17/h3-6H,1-2H3,(H2,14,18)(H,16,17). The maximum atomic E-state index is 11.2. The van der Waals surface area contributed by atoms with E-state index in [2.05, 4.69) is 10.3 Å². The summed E-state index contributed by atoms with van der Waals surface area (Å²) in [5, 5.41) is 3.42. The van der Waals surface area contributed by atoms with Crippen LogP contribution in [0.5, 0.6) is 0 Å². The van der Waals surface area contributed by atoms with Gasteiger partial charge in [-0.2, -0.15) is 0 Å². The molecule has 1 aromatic carbocycles. The number of thiazole rings is 1. The first kappa shape index (κ1) is 13.2. The second-order valence-corrected chi connectivity index (χ2v) is 5.06. The third kappa shape index (κ3) is 2.97. The zero-order valence-corrected chi connectivity index (χ0v) is 11.4. The number of aromatic nitrogens is 1. The van der Waals surface area contributed by atoms with Crippen LogP contribution in [0.2, 0.25) is 0 Å². The Morgan fingerprint density at radius 1 is 1.26 bits per heavy atom. The van der Waals surface area contributed by atoms with Gasteiger partial charge in [-0.3, -0.25) is 9.59 Å². The number of nitrogens with two attached hydrogens (primary N) is 1. The molecular formula is C13H13N3O2S. The molecule has 0 spiro atoms. The minimum Gasteiger partial charge on any atom is -0.365 e. The van der Waals surface area contributed by atoms with Gasteiger partial charge in [-0.15, -0.1) is 11.3 Å². The lowest BCUT2D eigenvalue weighted by atomic mass is 10.2. The quantitative estimate of drug-likeness (QED) is 0.900. The van der Waals surface area contributed by atoms with Gasteiger partial charge in [0.05, 0.1) is 5.69 Å².